The second kappa shape index (κ2) is 2.54. The van der Waals surface area contributed by atoms with Gasteiger partial charge >= 0.3 is 0 Å². The van der Waals surface area contributed by atoms with Crippen LogP contribution in [0.5, 0.6) is 0 Å². The van der Waals surface area contributed by atoms with Gasteiger partial charge in [0.15, 0.2) is 0 Å². The van der Waals surface area contributed by atoms with E-state index in [1.165, 1.54) is 0 Å². The predicted octanol–water partition coefficient (Wildman–Crippen LogP) is 1.94. The molecule has 0 saturated carbocycles. The molecule has 0 spiro atoms. The van der Waals surface area contributed by atoms with Gasteiger partial charge < -0.3 is 5.11 Å². The molecular weight excluding hydrogens is 131 g/mol. The number of hydrogen-bond acceptors (Lipinski definition) is 1. The highest BCUT2D eigenvalue weighted by molar-refractivity contribution is 5.34. The first-order valence-electron chi connectivity index (χ1n) is 3.34. The highest BCUT2D eigenvalue weighted by atomic mass is 19.1. The van der Waals surface area contributed by atoms with Crippen LogP contribution in [0.1, 0.15) is 20.3 Å². The molecule has 0 aromatic carbocycles. The Balaban J connectivity index is 2.94. The van der Waals surface area contributed by atoms with E-state index in [0.717, 1.165) is 5.57 Å². The van der Waals surface area contributed by atoms with Crippen LogP contribution < -0.4 is 0 Å². The Kier molecular flexibility index (Phi) is 1.90. The summed E-state index contributed by atoms with van der Waals surface area (Å²) in [5.74, 6) is -0.375. The Morgan fingerprint density at radius 1 is 1.60 bits per heavy atom. The molecule has 0 radical (unpaired) electrons. The van der Waals surface area contributed by atoms with Crippen molar-refractivity contribution in [1.82, 2.24) is 0 Å². The summed E-state index contributed by atoms with van der Waals surface area (Å²) in [4.78, 5) is 0. The minimum atomic E-state index is -0.899. The number of aliphatic hydroxyl groups excluding tert-OH is 1. The molecule has 1 atom stereocenters. The van der Waals surface area contributed by atoms with E-state index >= 15 is 0 Å². The molecule has 1 rings (SSSR count). The van der Waals surface area contributed by atoms with Gasteiger partial charge in [-0.25, -0.2) is 4.39 Å². The monoisotopic (exact) mass is 142 g/mol. The number of allylic oxidation sites excluding steroid dienone is 2. The van der Waals surface area contributed by atoms with Crippen LogP contribution in [-0.2, 0) is 0 Å². The van der Waals surface area contributed by atoms with Crippen molar-refractivity contribution in [2.24, 2.45) is 0 Å². The third-order valence-corrected chi connectivity index (χ3v) is 1.89. The van der Waals surface area contributed by atoms with Crippen molar-refractivity contribution < 1.29 is 9.50 Å². The SMILES string of the molecule is CC1=CCC(O)C(F)=C1C. The summed E-state index contributed by atoms with van der Waals surface area (Å²) in [6, 6.07) is 0. The molecule has 1 aliphatic carbocycles. The van der Waals surface area contributed by atoms with Crippen LogP contribution in [0.25, 0.3) is 0 Å². The summed E-state index contributed by atoms with van der Waals surface area (Å²) >= 11 is 0. The van der Waals surface area contributed by atoms with Crippen LogP contribution in [-0.4, -0.2) is 11.2 Å². The topological polar surface area (TPSA) is 20.2 Å². The Morgan fingerprint density at radius 2 is 2.20 bits per heavy atom. The second-order valence-electron chi connectivity index (χ2n) is 2.61. The van der Waals surface area contributed by atoms with Gasteiger partial charge in [0.05, 0.1) is 0 Å². The van der Waals surface area contributed by atoms with E-state index in [1.54, 1.807) is 6.92 Å². The molecule has 1 aliphatic rings. The largest absolute Gasteiger partial charge is 0.386 e. The van der Waals surface area contributed by atoms with E-state index in [4.69, 9.17) is 5.11 Å². The zero-order valence-corrected chi connectivity index (χ0v) is 6.19. The van der Waals surface area contributed by atoms with Crippen LogP contribution in [0.4, 0.5) is 4.39 Å². The molecule has 0 fully saturated rings. The normalized spacial score (nSPS) is 26.8. The van der Waals surface area contributed by atoms with Crippen molar-refractivity contribution in [3.8, 4) is 0 Å². The Bertz CT molecular complexity index is 203. The molecule has 0 aromatic heterocycles. The first-order chi connectivity index (χ1) is 4.63. The molecule has 2 heteroatoms. The fourth-order valence-corrected chi connectivity index (χ4v) is 0.983. The Hall–Kier alpha value is -0.630. The maximum absolute atomic E-state index is 12.8. The van der Waals surface area contributed by atoms with Gasteiger partial charge in [0.1, 0.15) is 11.9 Å². The van der Waals surface area contributed by atoms with Crippen LogP contribution in [0.3, 0.4) is 0 Å². The third-order valence-electron chi connectivity index (χ3n) is 1.89. The van der Waals surface area contributed by atoms with Gasteiger partial charge in [-0.15, -0.1) is 0 Å². The molecular formula is C8H11FO. The molecule has 1 N–H and O–H groups in total. The lowest BCUT2D eigenvalue weighted by Crippen LogP contribution is -2.11. The van der Waals surface area contributed by atoms with E-state index in [2.05, 4.69) is 0 Å². The minimum absolute atomic E-state index is 0.375. The molecule has 0 heterocycles. The van der Waals surface area contributed by atoms with Crippen molar-refractivity contribution >= 4 is 0 Å². The quantitative estimate of drug-likeness (QED) is 0.548. The molecule has 0 amide bonds. The molecule has 10 heavy (non-hydrogen) atoms. The van der Waals surface area contributed by atoms with Gasteiger partial charge in [-0.1, -0.05) is 6.08 Å². The van der Waals surface area contributed by atoms with Gasteiger partial charge in [0, 0.05) is 0 Å². The fourth-order valence-electron chi connectivity index (χ4n) is 0.983. The standard InChI is InChI=1S/C8H11FO/c1-5-3-4-7(10)8(9)6(5)2/h3,7,10H,4H2,1-2H3. The number of rotatable bonds is 0. The molecule has 56 valence electrons. The zero-order chi connectivity index (χ0) is 7.72. The first-order valence-corrected chi connectivity index (χ1v) is 3.34. The van der Waals surface area contributed by atoms with Crippen LogP contribution in [0.15, 0.2) is 23.0 Å². The second-order valence-corrected chi connectivity index (χ2v) is 2.61. The van der Waals surface area contributed by atoms with Crippen molar-refractivity contribution in [2.45, 2.75) is 26.4 Å². The minimum Gasteiger partial charge on any atom is -0.386 e. The lowest BCUT2D eigenvalue weighted by molar-refractivity contribution is 0.181. The summed E-state index contributed by atoms with van der Waals surface area (Å²) in [5.41, 5.74) is 1.52. The van der Waals surface area contributed by atoms with Gasteiger partial charge in [0.2, 0.25) is 0 Å². The lowest BCUT2D eigenvalue weighted by atomic mass is 9.98. The van der Waals surface area contributed by atoms with E-state index < -0.39 is 6.10 Å². The van der Waals surface area contributed by atoms with E-state index in [1.807, 2.05) is 13.0 Å². The van der Waals surface area contributed by atoms with Gasteiger partial charge in [-0.05, 0) is 31.4 Å². The number of hydrogen-bond donors (Lipinski definition) is 1. The molecule has 0 aliphatic heterocycles. The summed E-state index contributed by atoms with van der Waals surface area (Å²) in [7, 11) is 0. The smallest absolute Gasteiger partial charge is 0.132 e. The van der Waals surface area contributed by atoms with Crippen LogP contribution in [0, 0.1) is 0 Å². The van der Waals surface area contributed by atoms with Crippen molar-refractivity contribution in [2.75, 3.05) is 0 Å². The summed E-state index contributed by atoms with van der Waals surface area (Å²) in [6.07, 6.45) is 1.36. The fraction of sp³-hybridized carbons (Fsp3) is 0.500. The Labute approximate surface area is 59.9 Å². The molecule has 1 unspecified atom stereocenters. The van der Waals surface area contributed by atoms with Crippen LogP contribution >= 0.6 is 0 Å². The maximum Gasteiger partial charge on any atom is 0.132 e. The molecule has 0 aromatic rings. The molecule has 1 nitrogen and oxygen atoms in total. The predicted molar refractivity (Wildman–Crippen MR) is 38.2 cm³/mol. The zero-order valence-electron chi connectivity index (χ0n) is 6.19. The third kappa shape index (κ3) is 1.12. The number of halogens is 1. The first kappa shape index (κ1) is 7.48. The van der Waals surface area contributed by atoms with Crippen LogP contribution in [0.2, 0.25) is 0 Å². The highest BCUT2D eigenvalue weighted by Gasteiger charge is 2.17. The van der Waals surface area contributed by atoms with Crippen molar-refractivity contribution in [1.29, 1.82) is 0 Å². The van der Waals surface area contributed by atoms with E-state index in [-0.39, 0.29) is 5.83 Å². The summed E-state index contributed by atoms with van der Waals surface area (Å²) < 4.78 is 12.8. The van der Waals surface area contributed by atoms with Crippen molar-refractivity contribution in [3.63, 3.8) is 0 Å². The summed E-state index contributed by atoms with van der Waals surface area (Å²) in [6.45, 7) is 3.53. The summed E-state index contributed by atoms with van der Waals surface area (Å²) in [5, 5.41) is 8.99. The average Bonchev–Trinajstić information content (AvgIpc) is 1.93. The maximum atomic E-state index is 12.8. The van der Waals surface area contributed by atoms with Gasteiger partial charge in [-0.3, -0.25) is 0 Å². The van der Waals surface area contributed by atoms with Crippen molar-refractivity contribution in [3.05, 3.63) is 23.0 Å². The van der Waals surface area contributed by atoms with E-state index in [0.29, 0.717) is 12.0 Å². The van der Waals surface area contributed by atoms with E-state index in [9.17, 15) is 4.39 Å². The van der Waals surface area contributed by atoms with Gasteiger partial charge in [-0.2, -0.15) is 0 Å². The lowest BCUT2D eigenvalue weighted by Gasteiger charge is -2.15. The molecule has 0 bridgehead atoms. The highest BCUT2D eigenvalue weighted by Crippen LogP contribution is 2.25. The number of aliphatic hydroxyl groups is 1. The Morgan fingerprint density at radius 3 is 2.70 bits per heavy atom. The average molecular weight is 142 g/mol. The van der Waals surface area contributed by atoms with Gasteiger partial charge in [0.25, 0.3) is 0 Å². The molecule has 0 saturated heterocycles.